The zero-order chi connectivity index (χ0) is 15.5. The molecule has 1 fully saturated rings. The predicted molar refractivity (Wildman–Crippen MR) is 84.0 cm³/mol. The Balaban J connectivity index is 1.62. The van der Waals surface area contributed by atoms with Crippen LogP contribution in [0.2, 0.25) is 0 Å². The summed E-state index contributed by atoms with van der Waals surface area (Å²) in [6.07, 6.45) is 2.19. The Labute approximate surface area is 130 Å². The molecule has 0 bridgehead atoms. The van der Waals surface area contributed by atoms with E-state index in [1.807, 2.05) is 29.2 Å². The van der Waals surface area contributed by atoms with Crippen molar-refractivity contribution in [2.24, 2.45) is 11.1 Å². The normalized spacial score (nSPS) is 22.2. The van der Waals surface area contributed by atoms with Crippen molar-refractivity contribution < 1.29 is 14.4 Å². The van der Waals surface area contributed by atoms with Crippen LogP contribution in [0.5, 0.6) is 5.75 Å². The number of carbonyl (C=O) groups excluding carboxylic acids is 1. The average Bonchev–Trinajstić information content (AvgIpc) is 3.05. The summed E-state index contributed by atoms with van der Waals surface area (Å²) in [4.78, 5) is 19.8. The summed E-state index contributed by atoms with van der Waals surface area (Å²) >= 11 is 0. The van der Waals surface area contributed by atoms with E-state index < -0.39 is 6.10 Å². The summed E-state index contributed by atoms with van der Waals surface area (Å²) in [5, 5.41) is 4.11. The third kappa shape index (κ3) is 3.08. The first-order valence-corrected chi connectivity index (χ1v) is 7.83. The van der Waals surface area contributed by atoms with Crippen LogP contribution >= 0.6 is 0 Å². The fourth-order valence-corrected chi connectivity index (χ4v) is 2.92. The lowest BCUT2D eigenvalue weighted by atomic mass is 9.98. The summed E-state index contributed by atoms with van der Waals surface area (Å²) in [7, 11) is 1.63. The Hall–Kier alpha value is -2.04. The Morgan fingerprint density at radius 1 is 1.36 bits per heavy atom. The van der Waals surface area contributed by atoms with Gasteiger partial charge in [0, 0.05) is 25.1 Å². The van der Waals surface area contributed by atoms with Crippen LogP contribution in [0.3, 0.4) is 0 Å². The first-order valence-electron chi connectivity index (χ1n) is 7.83. The van der Waals surface area contributed by atoms with Crippen molar-refractivity contribution in [2.75, 3.05) is 20.2 Å². The van der Waals surface area contributed by atoms with Gasteiger partial charge in [-0.15, -0.1) is 0 Å². The molecular formula is C17H22N2O3. The van der Waals surface area contributed by atoms with Crippen molar-refractivity contribution in [2.45, 2.75) is 32.3 Å². The van der Waals surface area contributed by atoms with Gasteiger partial charge >= 0.3 is 0 Å². The lowest BCUT2D eigenvalue weighted by Crippen LogP contribution is -2.43. The number of nitrogens with zero attached hydrogens (tertiary/aromatic N) is 2. The van der Waals surface area contributed by atoms with Crippen LogP contribution in [-0.4, -0.2) is 42.8 Å². The van der Waals surface area contributed by atoms with E-state index in [-0.39, 0.29) is 5.91 Å². The smallest absolute Gasteiger partial charge is 0.266 e. The van der Waals surface area contributed by atoms with E-state index in [1.54, 1.807) is 7.11 Å². The van der Waals surface area contributed by atoms with Crippen LogP contribution < -0.4 is 4.74 Å². The molecule has 5 nitrogen and oxygen atoms in total. The van der Waals surface area contributed by atoms with Crippen LogP contribution in [0.1, 0.15) is 31.7 Å². The second kappa shape index (κ2) is 6.38. The maximum absolute atomic E-state index is 12.5. The van der Waals surface area contributed by atoms with Gasteiger partial charge in [0.15, 0.2) is 0 Å². The molecule has 0 unspecified atom stereocenters. The highest BCUT2D eigenvalue weighted by atomic mass is 16.6. The molecule has 0 aromatic heterocycles. The average molecular weight is 302 g/mol. The summed E-state index contributed by atoms with van der Waals surface area (Å²) in [5.41, 5.74) is 1.75. The molecule has 0 N–H and O–H groups in total. The number of piperidine rings is 1. The lowest BCUT2D eigenvalue weighted by molar-refractivity contribution is -0.143. The van der Waals surface area contributed by atoms with E-state index in [0.717, 1.165) is 43.0 Å². The number of oxime groups is 1. The second-order valence-electron chi connectivity index (χ2n) is 6.08. The van der Waals surface area contributed by atoms with E-state index in [0.29, 0.717) is 12.3 Å². The van der Waals surface area contributed by atoms with E-state index in [4.69, 9.17) is 9.57 Å². The molecule has 118 valence electrons. The maximum Gasteiger partial charge on any atom is 0.266 e. The van der Waals surface area contributed by atoms with Gasteiger partial charge in [-0.2, -0.15) is 0 Å². The Morgan fingerprint density at radius 3 is 2.86 bits per heavy atom. The SMILES string of the molecule is COc1cccc(C2=NO[C@H](C(=O)N3CCC(C)CC3)C2)c1. The first-order chi connectivity index (χ1) is 10.7. The van der Waals surface area contributed by atoms with Crippen molar-refractivity contribution in [1.29, 1.82) is 0 Å². The third-order valence-corrected chi connectivity index (χ3v) is 4.44. The standard InChI is InChI=1S/C17H22N2O3/c1-12-6-8-19(9-7-12)17(20)16-11-15(18-22-16)13-4-3-5-14(10-13)21-2/h3-5,10,12,16H,6-9,11H2,1-2H3/t16-/m0/s1. The Morgan fingerprint density at radius 2 is 2.14 bits per heavy atom. The summed E-state index contributed by atoms with van der Waals surface area (Å²) < 4.78 is 5.22. The largest absolute Gasteiger partial charge is 0.497 e. The number of rotatable bonds is 3. The molecule has 2 aliphatic rings. The van der Waals surface area contributed by atoms with Crippen LogP contribution in [-0.2, 0) is 9.63 Å². The van der Waals surface area contributed by atoms with Crippen molar-refractivity contribution in [3.63, 3.8) is 0 Å². The lowest BCUT2D eigenvalue weighted by Gasteiger charge is -2.31. The molecule has 22 heavy (non-hydrogen) atoms. The van der Waals surface area contributed by atoms with Gasteiger partial charge in [0.05, 0.1) is 12.8 Å². The van der Waals surface area contributed by atoms with Gasteiger partial charge in [0.25, 0.3) is 5.91 Å². The fourth-order valence-electron chi connectivity index (χ4n) is 2.92. The number of ether oxygens (including phenoxy) is 1. The zero-order valence-corrected chi connectivity index (χ0v) is 13.1. The molecule has 1 atom stereocenters. The molecule has 2 heterocycles. The summed E-state index contributed by atoms with van der Waals surface area (Å²) in [6, 6.07) is 7.67. The van der Waals surface area contributed by atoms with Gasteiger partial charge in [-0.3, -0.25) is 4.79 Å². The summed E-state index contributed by atoms with van der Waals surface area (Å²) in [6.45, 7) is 3.89. The number of hydrogen-bond acceptors (Lipinski definition) is 4. The van der Waals surface area contributed by atoms with E-state index in [1.165, 1.54) is 0 Å². The third-order valence-electron chi connectivity index (χ3n) is 4.44. The minimum atomic E-state index is -0.477. The number of methoxy groups -OCH3 is 1. The van der Waals surface area contributed by atoms with E-state index >= 15 is 0 Å². The van der Waals surface area contributed by atoms with Crippen LogP contribution in [0.15, 0.2) is 29.4 Å². The first kappa shape index (κ1) is 14.9. The Kier molecular flexibility index (Phi) is 4.32. The molecule has 1 aromatic carbocycles. The molecule has 0 spiro atoms. The summed E-state index contributed by atoms with van der Waals surface area (Å²) in [5.74, 6) is 1.55. The van der Waals surface area contributed by atoms with Gasteiger partial charge in [-0.25, -0.2) is 0 Å². The highest BCUT2D eigenvalue weighted by molar-refractivity contribution is 6.04. The van der Waals surface area contributed by atoms with Gasteiger partial charge in [0.1, 0.15) is 5.75 Å². The maximum atomic E-state index is 12.5. The number of likely N-dealkylation sites (tertiary alicyclic amines) is 1. The zero-order valence-electron chi connectivity index (χ0n) is 13.1. The molecular weight excluding hydrogens is 280 g/mol. The fraction of sp³-hybridized carbons (Fsp3) is 0.529. The molecule has 1 amide bonds. The number of carbonyl (C=O) groups is 1. The molecule has 0 saturated carbocycles. The number of benzene rings is 1. The molecule has 3 rings (SSSR count). The van der Waals surface area contributed by atoms with Crippen molar-refractivity contribution in [3.05, 3.63) is 29.8 Å². The quantitative estimate of drug-likeness (QED) is 0.862. The van der Waals surface area contributed by atoms with E-state index in [2.05, 4.69) is 12.1 Å². The van der Waals surface area contributed by atoms with Gasteiger partial charge in [0.2, 0.25) is 6.10 Å². The van der Waals surface area contributed by atoms with Crippen LogP contribution in [0.25, 0.3) is 0 Å². The highest BCUT2D eigenvalue weighted by Gasteiger charge is 2.33. The van der Waals surface area contributed by atoms with Crippen LogP contribution in [0.4, 0.5) is 0 Å². The molecule has 2 aliphatic heterocycles. The van der Waals surface area contributed by atoms with Crippen LogP contribution in [0, 0.1) is 5.92 Å². The topological polar surface area (TPSA) is 51.1 Å². The second-order valence-corrected chi connectivity index (χ2v) is 6.08. The molecule has 0 aliphatic carbocycles. The number of hydrogen-bond donors (Lipinski definition) is 0. The minimum Gasteiger partial charge on any atom is -0.497 e. The monoisotopic (exact) mass is 302 g/mol. The van der Waals surface area contributed by atoms with Gasteiger partial charge in [-0.05, 0) is 30.9 Å². The Bertz CT molecular complexity index is 577. The van der Waals surface area contributed by atoms with Crippen molar-refractivity contribution >= 4 is 11.6 Å². The van der Waals surface area contributed by atoms with Gasteiger partial charge in [-0.1, -0.05) is 24.2 Å². The van der Waals surface area contributed by atoms with Crippen molar-refractivity contribution in [1.82, 2.24) is 4.90 Å². The number of amides is 1. The van der Waals surface area contributed by atoms with Gasteiger partial charge < -0.3 is 14.5 Å². The molecule has 1 aromatic rings. The highest BCUT2D eigenvalue weighted by Crippen LogP contribution is 2.23. The van der Waals surface area contributed by atoms with Crippen molar-refractivity contribution in [3.8, 4) is 5.75 Å². The molecule has 1 saturated heterocycles. The predicted octanol–water partition coefficient (Wildman–Crippen LogP) is 2.45. The molecule has 5 heteroatoms. The minimum absolute atomic E-state index is 0.0635. The van der Waals surface area contributed by atoms with E-state index in [9.17, 15) is 4.79 Å². The molecule has 0 radical (unpaired) electrons.